The summed E-state index contributed by atoms with van der Waals surface area (Å²) < 4.78 is 14.5. The molecule has 3 nitrogen and oxygen atoms in total. The van der Waals surface area contributed by atoms with E-state index in [1.165, 1.54) is 54.7 Å². The number of hydrogen-bond acceptors (Lipinski definition) is 2. The lowest BCUT2D eigenvalue weighted by Gasteiger charge is -2.24. The topological polar surface area (TPSA) is 22.3 Å². The Morgan fingerprint density at radius 1 is 0.818 bits per heavy atom. The van der Waals surface area contributed by atoms with Crippen LogP contribution in [-0.4, -0.2) is 13.2 Å². The Morgan fingerprint density at radius 3 is 2.48 bits per heavy atom. The number of benzene rings is 4. The molecule has 0 aliphatic carbocycles. The first-order valence-corrected chi connectivity index (χ1v) is 11.9. The largest absolute Gasteiger partial charge is 0.456 e. The molecule has 2 aliphatic rings. The molecule has 1 aromatic heterocycles. The molecule has 33 heavy (non-hydrogen) atoms. The Labute approximate surface area is 193 Å². The van der Waals surface area contributed by atoms with Gasteiger partial charge in [-0.3, -0.25) is 0 Å². The molecule has 3 heterocycles. The predicted molar refractivity (Wildman–Crippen MR) is 133 cm³/mol. The van der Waals surface area contributed by atoms with E-state index >= 15 is 0 Å². The first-order valence-electron chi connectivity index (χ1n) is 11.9. The highest BCUT2D eigenvalue weighted by Gasteiger charge is 2.31. The summed E-state index contributed by atoms with van der Waals surface area (Å²) in [5.41, 5.74) is 5.14. The molecule has 7 rings (SSSR count). The van der Waals surface area contributed by atoms with Crippen molar-refractivity contribution >= 4 is 32.3 Å². The second-order valence-electron chi connectivity index (χ2n) is 9.50. The Morgan fingerprint density at radius 2 is 1.61 bits per heavy atom. The van der Waals surface area contributed by atoms with Crippen LogP contribution in [0, 0.1) is 6.92 Å². The molecule has 5 aromatic rings. The van der Waals surface area contributed by atoms with Gasteiger partial charge in [0.2, 0.25) is 5.69 Å². The number of hydrogen-bond donors (Lipinski definition) is 0. The highest BCUT2D eigenvalue weighted by Crippen LogP contribution is 2.50. The van der Waals surface area contributed by atoms with Crippen molar-refractivity contribution < 1.29 is 14.0 Å². The van der Waals surface area contributed by atoms with E-state index in [1.54, 1.807) is 0 Å². The number of ether oxygens (including phenoxy) is 2. The SMILES string of the molecule is Cc1c2c(cc3ccccc13)Oc1cc3ccc(C4CCOCC4)cc3c3cc[n+](C)c-2c13. The van der Waals surface area contributed by atoms with Gasteiger partial charge in [0.15, 0.2) is 6.20 Å². The molecule has 0 atom stereocenters. The van der Waals surface area contributed by atoms with E-state index in [-0.39, 0.29) is 0 Å². The molecule has 0 amide bonds. The number of nitrogens with zero attached hydrogens (tertiary/aromatic N) is 1. The standard InChI is InChI=1S/C30H26NO2/c1-18-23-6-4-3-5-21(23)16-26-28(18)30-29-24(9-12-31(30)2)25-15-20(19-10-13-32-14-11-19)7-8-22(25)17-27(29)33-26/h3-9,12,15-17,19H,10-11,13-14H2,1-2H3/q+1. The highest BCUT2D eigenvalue weighted by atomic mass is 16.5. The van der Waals surface area contributed by atoms with Crippen LogP contribution in [0.15, 0.2) is 66.9 Å². The van der Waals surface area contributed by atoms with Crippen molar-refractivity contribution in [3.05, 3.63) is 78.0 Å². The lowest BCUT2D eigenvalue weighted by Crippen LogP contribution is -2.31. The van der Waals surface area contributed by atoms with Gasteiger partial charge >= 0.3 is 0 Å². The zero-order valence-corrected chi connectivity index (χ0v) is 19.0. The molecule has 0 bridgehead atoms. The van der Waals surface area contributed by atoms with Crippen molar-refractivity contribution in [1.82, 2.24) is 0 Å². The van der Waals surface area contributed by atoms with Crippen LogP contribution in [0.3, 0.4) is 0 Å². The lowest BCUT2D eigenvalue weighted by molar-refractivity contribution is -0.659. The van der Waals surface area contributed by atoms with Gasteiger partial charge in [0.05, 0.1) is 10.9 Å². The minimum Gasteiger partial charge on any atom is -0.456 e. The van der Waals surface area contributed by atoms with Crippen LogP contribution in [0.25, 0.3) is 43.6 Å². The number of rotatable bonds is 1. The first-order chi connectivity index (χ1) is 16.2. The molecule has 4 aromatic carbocycles. The van der Waals surface area contributed by atoms with Crippen molar-refractivity contribution in [3.8, 4) is 22.8 Å². The first kappa shape index (κ1) is 19.1. The lowest BCUT2D eigenvalue weighted by atomic mass is 9.87. The number of fused-ring (bicyclic) bond motifs is 5. The van der Waals surface area contributed by atoms with E-state index in [0.29, 0.717) is 5.92 Å². The van der Waals surface area contributed by atoms with Gasteiger partial charge in [-0.2, -0.15) is 0 Å². The molecule has 3 heteroatoms. The molecule has 162 valence electrons. The predicted octanol–water partition coefficient (Wildman–Crippen LogP) is 6.95. The fourth-order valence-corrected chi connectivity index (χ4v) is 5.93. The molecular formula is C30H26NO2+. The summed E-state index contributed by atoms with van der Waals surface area (Å²) in [7, 11) is 2.14. The van der Waals surface area contributed by atoms with Crippen LogP contribution in [0.5, 0.6) is 11.5 Å². The molecule has 0 radical (unpaired) electrons. The van der Waals surface area contributed by atoms with Crippen molar-refractivity contribution in [3.63, 3.8) is 0 Å². The Hall–Kier alpha value is -3.43. The van der Waals surface area contributed by atoms with E-state index in [9.17, 15) is 0 Å². The zero-order chi connectivity index (χ0) is 22.1. The van der Waals surface area contributed by atoms with Gasteiger partial charge in [0.1, 0.15) is 18.5 Å². The molecule has 1 fully saturated rings. The fraction of sp³-hybridized carbons (Fsp3) is 0.233. The number of pyridine rings is 1. The van der Waals surface area contributed by atoms with Gasteiger partial charge in [0.25, 0.3) is 0 Å². The third-order valence-electron chi connectivity index (χ3n) is 7.65. The van der Waals surface area contributed by atoms with E-state index in [0.717, 1.165) is 37.6 Å². The minimum atomic E-state index is 0.579. The Bertz CT molecular complexity index is 1590. The molecule has 0 spiro atoms. The van der Waals surface area contributed by atoms with Gasteiger partial charge in [0, 0.05) is 24.7 Å². The average molecular weight is 433 g/mol. The van der Waals surface area contributed by atoms with Crippen LogP contribution in [0.2, 0.25) is 0 Å². The zero-order valence-electron chi connectivity index (χ0n) is 19.0. The number of aromatic nitrogens is 1. The second kappa shape index (κ2) is 7.03. The summed E-state index contributed by atoms with van der Waals surface area (Å²) >= 11 is 0. The molecule has 0 saturated carbocycles. The van der Waals surface area contributed by atoms with Crippen LogP contribution in [0.1, 0.15) is 29.9 Å². The van der Waals surface area contributed by atoms with E-state index in [4.69, 9.17) is 9.47 Å². The maximum Gasteiger partial charge on any atom is 0.228 e. The Balaban J connectivity index is 1.54. The summed E-state index contributed by atoms with van der Waals surface area (Å²) in [5.74, 6) is 2.47. The summed E-state index contributed by atoms with van der Waals surface area (Å²) in [6.07, 6.45) is 4.40. The maximum absolute atomic E-state index is 6.62. The Kier molecular flexibility index (Phi) is 4.07. The normalized spacial score (nSPS) is 15.7. The van der Waals surface area contributed by atoms with E-state index in [2.05, 4.69) is 85.4 Å². The summed E-state index contributed by atoms with van der Waals surface area (Å²) in [6.45, 7) is 3.94. The van der Waals surface area contributed by atoms with Gasteiger partial charge in [-0.05, 0) is 70.5 Å². The van der Waals surface area contributed by atoms with Crippen LogP contribution >= 0.6 is 0 Å². The fourth-order valence-electron chi connectivity index (χ4n) is 5.93. The summed E-state index contributed by atoms with van der Waals surface area (Å²) in [6, 6.07) is 22.2. The van der Waals surface area contributed by atoms with Crippen LogP contribution < -0.4 is 9.30 Å². The maximum atomic E-state index is 6.62. The summed E-state index contributed by atoms with van der Waals surface area (Å²) in [5, 5.41) is 7.52. The molecule has 0 unspecified atom stereocenters. The van der Waals surface area contributed by atoms with Gasteiger partial charge in [-0.1, -0.05) is 42.5 Å². The monoisotopic (exact) mass is 432 g/mol. The van der Waals surface area contributed by atoms with Crippen LogP contribution in [0.4, 0.5) is 0 Å². The van der Waals surface area contributed by atoms with Crippen molar-refractivity contribution in [2.45, 2.75) is 25.7 Å². The quantitative estimate of drug-likeness (QED) is 0.207. The smallest absolute Gasteiger partial charge is 0.228 e. The van der Waals surface area contributed by atoms with Crippen molar-refractivity contribution in [2.24, 2.45) is 7.05 Å². The minimum absolute atomic E-state index is 0.579. The third kappa shape index (κ3) is 2.75. The number of aryl methyl sites for hydroxylation is 2. The van der Waals surface area contributed by atoms with Gasteiger partial charge < -0.3 is 9.47 Å². The highest BCUT2D eigenvalue weighted by molar-refractivity contribution is 6.16. The van der Waals surface area contributed by atoms with Crippen molar-refractivity contribution in [2.75, 3.05) is 13.2 Å². The molecule has 2 aliphatic heterocycles. The average Bonchev–Trinajstić information content (AvgIpc) is 2.85. The molecule has 0 N–H and O–H groups in total. The van der Waals surface area contributed by atoms with Crippen molar-refractivity contribution in [1.29, 1.82) is 0 Å². The van der Waals surface area contributed by atoms with E-state index < -0.39 is 0 Å². The van der Waals surface area contributed by atoms with Crippen LogP contribution in [-0.2, 0) is 11.8 Å². The molecule has 1 saturated heterocycles. The summed E-state index contributed by atoms with van der Waals surface area (Å²) in [4.78, 5) is 0. The molecular weight excluding hydrogens is 406 g/mol. The second-order valence-corrected chi connectivity index (χ2v) is 9.50. The third-order valence-corrected chi connectivity index (χ3v) is 7.65. The van der Waals surface area contributed by atoms with Gasteiger partial charge in [-0.25, -0.2) is 4.57 Å². The van der Waals surface area contributed by atoms with E-state index in [1.807, 2.05) is 0 Å². The van der Waals surface area contributed by atoms with Gasteiger partial charge in [-0.15, -0.1) is 0 Å².